The zero-order valence-electron chi connectivity index (χ0n) is 12.1. The molecule has 1 unspecified atom stereocenters. The molecule has 1 aliphatic heterocycles. The third kappa shape index (κ3) is 4.13. The Morgan fingerprint density at radius 3 is 2.68 bits per heavy atom. The second kappa shape index (κ2) is 7.39. The molecule has 0 spiro atoms. The summed E-state index contributed by atoms with van der Waals surface area (Å²) >= 11 is 0. The van der Waals surface area contributed by atoms with Crippen LogP contribution in [0.25, 0.3) is 0 Å². The molecule has 0 aromatic heterocycles. The van der Waals surface area contributed by atoms with Crippen LogP contribution in [0.4, 0.5) is 0 Å². The Labute approximate surface area is 116 Å². The van der Waals surface area contributed by atoms with E-state index in [4.69, 9.17) is 9.47 Å². The Morgan fingerprint density at radius 1 is 1.16 bits per heavy atom. The molecule has 0 aliphatic carbocycles. The molecule has 3 nitrogen and oxygen atoms in total. The molecule has 1 N–H and O–H groups in total. The summed E-state index contributed by atoms with van der Waals surface area (Å²) in [6, 6.07) is 6.95. The SMILES string of the molecule is CCCC(CCc1ccc2c(c1)OCCCO2)NC. The number of hydrogen-bond donors (Lipinski definition) is 1. The molecular formula is C16H25NO2. The average molecular weight is 263 g/mol. The second-order valence-electron chi connectivity index (χ2n) is 5.14. The monoisotopic (exact) mass is 263 g/mol. The number of benzene rings is 1. The van der Waals surface area contributed by atoms with Gasteiger partial charge in [0, 0.05) is 12.5 Å². The van der Waals surface area contributed by atoms with E-state index in [0.29, 0.717) is 6.04 Å². The molecule has 0 fully saturated rings. The maximum absolute atomic E-state index is 5.73. The predicted octanol–water partition coefficient (Wildman–Crippen LogP) is 3.17. The van der Waals surface area contributed by atoms with E-state index in [1.54, 1.807) is 0 Å². The van der Waals surface area contributed by atoms with Gasteiger partial charge in [-0.3, -0.25) is 0 Å². The fourth-order valence-corrected chi connectivity index (χ4v) is 2.49. The van der Waals surface area contributed by atoms with Crippen molar-refractivity contribution >= 4 is 0 Å². The summed E-state index contributed by atoms with van der Waals surface area (Å²) in [7, 11) is 2.05. The van der Waals surface area contributed by atoms with Crippen molar-refractivity contribution in [3.05, 3.63) is 23.8 Å². The lowest BCUT2D eigenvalue weighted by Gasteiger charge is -2.15. The van der Waals surface area contributed by atoms with Crippen molar-refractivity contribution < 1.29 is 9.47 Å². The first-order valence-corrected chi connectivity index (χ1v) is 7.39. The lowest BCUT2D eigenvalue weighted by Crippen LogP contribution is -2.25. The molecule has 1 heterocycles. The quantitative estimate of drug-likeness (QED) is 0.855. The topological polar surface area (TPSA) is 30.5 Å². The predicted molar refractivity (Wildman–Crippen MR) is 78.1 cm³/mol. The standard InChI is InChI=1S/C16H25NO2/c1-3-5-14(17-2)8-6-13-7-9-15-16(12-13)19-11-4-10-18-15/h7,9,12,14,17H,3-6,8,10-11H2,1-2H3. The molecule has 0 amide bonds. The van der Waals surface area contributed by atoms with Crippen LogP contribution in [-0.4, -0.2) is 26.3 Å². The van der Waals surface area contributed by atoms with Crippen LogP contribution in [0.3, 0.4) is 0 Å². The molecule has 1 atom stereocenters. The molecule has 0 saturated heterocycles. The van der Waals surface area contributed by atoms with Gasteiger partial charge in [0.1, 0.15) is 0 Å². The van der Waals surface area contributed by atoms with Crippen LogP contribution in [0, 0.1) is 0 Å². The van der Waals surface area contributed by atoms with Crippen molar-refractivity contribution in [1.29, 1.82) is 0 Å². The van der Waals surface area contributed by atoms with E-state index in [9.17, 15) is 0 Å². The average Bonchev–Trinajstić information content (AvgIpc) is 2.68. The van der Waals surface area contributed by atoms with Gasteiger partial charge in [0.05, 0.1) is 13.2 Å². The van der Waals surface area contributed by atoms with Gasteiger partial charge in [0.2, 0.25) is 0 Å². The van der Waals surface area contributed by atoms with Crippen LogP contribution < -0.4 is 14.8 Å². The molecule has 3 heteroatoms. The van der Waals surface area contributed by atoms with Crippen LogP contribution >= 0.6 is 0 Å². The van der Waals surface area contributed by atoms with Crippen LogP contribution in [0.5, 0.6) is 11.5 Å². The Morgan fingerprint density at radius 2 is 1.95 bits per heavy atom. The van der Waals surface area contributed by atoms with Gasteiger partial charge in [-0.2, -0.15) is 0 Å². The molecule has 1 aromatic rings. The zero-order valence-corrected chi connectivity index (χ0v) is 12.1. The molecular weight excluding hydrogens is 238 g/mol. The third-order valence-corrected chi connectivity index (χ3v) is 3.64. The Kier molecular flexibility index (Phi) is 5.52. The van der Waals surface area contributed by atoms with Crippen molar-refractivity contribution in [2.24, 2.45) is 0 Å². The largest absolute Gasteiger partial charge is 0.490 e. The molecule has 0 bridgehead atoms. The molecule has 1 aromatic carbocycles. The molecule has 0 saturated carbocycles. The van der Waals surface area contributed by atoms with Crippen molar-refractivity contribution in [3.8, 4) is 11.5 Å². The lowest BCUT2D eigenvalue weighted by atomic mass is 10.0. The summed E-state index contributed by atoms with van der Waals surface area (Å²) in [5.41, 5.74) is 1.33. The first-order chi connectivity index (χ1) is 9.33. The van der Waals surface area contributed by atoms with E-state index >= 15 is 0 Å². The first-order valence-electron chi connectivity index (χ1n) is 7.39. The van der Waals surface area contributed by atoms with E-state index in [1.165, 1.54) is 24.8 Å². The number of aryl methyl sites for hydroxylation is 1. The van der Waals surface area contributed by atoms with Crippen molar-refractivity contribution in [3.63, 3.8) is 0 Å². The highest BCUT2D eigenvalue weighted by Gasteiger charge is 2.11. The van der Waals surface area contributed by atoms with E-state index < -0.39 is 0 Å². The third-order valence-electron chi connectivity index (χ3n) is 3.64. The summed E-state index contributed by atoms with van der Waals surface area (Å²) in [6.07, 6.45) is 5.68. The molecule has 106 valence electrons. The van der Waals surface area contributed by atoms with E-state index in [1.807, 2.05) is 13.1 Å². The minimum absolute atomic E-state index is 0.612. The molecule has 1 aliphatic rings. The smallest absolute Gasteiger partial charge is 0.161 e. The fraction of sp³-hybridized carbons (Fsp3) is 0.625. The number of ether oxygens (including phenoxy) is 2. The van der Waals surface area contributed by atoms with E-state index in [2.05, 4.69) is 24.4 Å². The van der Waals surface area contributed by atoms with Crippen LogP contribution in [0.1, 0.15) is 38.2 Å². The van der Waals surface area contributed by atoms with Crippen LogP contribution in [0.15, 0.2) is 18.2 Å². The molecule has 2 rings (SSSR count). The van der Waals surface area contributed by atoms with Gasteiger partial charge >= 0.3 is 0 Å². The number of nitrogens with one attached hydrogen (secondary N) is 1. The van der Waals surface area contributed by atoms with Gasteiger partial charge in [0.15, 0.2) is 11.5 Å². The van der Waals surface area contributed by atoms with Gasteiger partial charge in [-0.05, 0) is 44.0 Å². The van der Waals surface area contributed by atoms with Crippen molar-refractivity contribution in [1.82, 2.24) is 5.32 Å². The summed E-state index contributed by atoms with van der Waals surface area (Å²) in [5, 5.41) is 3.39. The van der Waals surface area contributed by atoms with Crippen LogP contribution in [0.2, 0.25) is 0 Å². The minimum atomic E-state index is 0.612. The highest BCUT2D eigenvalue weighted by molar-refractivity contribution is 5.43. The number of hydrogen-bond acceptors (Lipinski definition) is 3. The van der Waals surface area contributed by atoms with Crippen molar-refractivity contribution in [2.75, 3.05) is 20.3 Å². The molecule has 19 heavy (non-hydrogen) atoms. The zero-order chi connectivity index (χ0) is 13.5. The first kappa shape index (κ1) is 14.2. The highest BCUT2D eigenvalue weighted by atomic mass is 16.5. The van der Waals surface area contributed by atoms with E-state index in [-0.39, 0.29) is 0 Å². The van der Waals surface area contributed by atoms with Gasteiger partial charge in [-0.15, -0.1) is 0 Å². The summed E-state index contributed by atoms with van der Waals surface area (Å²) in [5.74, 6) is 1.80. The fourth-order valence-electron chi connectivity index (χ4n) is 2.49. The summed E-state index contributed by atoms with van der Waals surface area (Å²) in [4.78, 5) is 0. The Hall–Kier alpha value is -1.22. The normalized spacial score (nSPS) is 15.9. The van der Waals surface area contributed by atoms with Crippen LogP contribution in [-0.2, 0) is 6.42 Å². The maximum atomic E-state index is 5.73. The summed E-state index contributed by atoms with van der Waals surface area (Å²) in [6.45, 7) is 3.74. The number of fused-ring (bicyclic) bond motifs is 1. The Balaban J connectivity index is 1.95. The van der Waals surface area contributed by atoms with Gasteiger partial charge in [-0.25, -0.2) is 0 Å². The lowest BCUT2D eigenvalue weighted by molar-refractivity contribution is 0.297. The minimum Gasteiger partial charge on any atom is -0.490 e. The van der Waals surface area contributed by atoms with Gasteiger partial charge in [-0.1, -0.05) is 19.4 Å². The maximum Gasteiger partial charge on any atom is 0.161 e. The number of rotatable bonds is 6. The van der Waals surface area contributed by atoms with Gasteiger partial charge < -0.3 is 14.8 Å². The molecule has 0 radical (unpaired) electrons. The van der Waals surface area contributed by atoms with Gasteiger partial charge in [0.25, 0.3) is 0 Å². The summed E-state index contributed by atoms with van der Waals surface area (Å²) < 4.78 is 11.4. The van der Waals surface area contributed by atoms with E-state index in [0.717, 1.165) is 37.6 Å². The Bertz CT molecular complexity index is 392. The van der Waals surface area contributed by atoms with Crippen molar-refractivity contribution in [2.45, 2.75) is 45.1 Å². The second-order valence-corrected chi connectivity index (χ2v) is 5.14. The highest BCUT2D eigenvalue weighted by Crippen LogP contribution is 2.30.